The topological polar surface area (TPSA) is 42.4 Å². The van der Waals surface area contributed by atoms with Crippen LogP contribution >= 0.6 is 11.8 Å². The first kappa shape index (κ1) is 19.5. The monoisotopic (exact) mass is 396 g/mol. The highest BCUT2D eigenvalue weighted by atomic mass is 32.2. The van der Waals surface area contributed by atoms with Gasteiger partial charge in [0, 0.05) is 12.7 Å². The van der Waals surface area contributed by atoms with Crippen LogP contribution in [0.4, 0.5) is 13.2 Å². The summed E-state index contributed by atoms with van der Waals surface area (Å²) in [6, 6.07) is 9.96. The summed E-state index contributed by atoms with van der Waals surface area (Å²) in [6.45, 7) is 0.677. The Bertz CT molecular complexity index is 779. The van der Waals surface area contributed by atoms with Crippen molar-refractivity contribution in [3.63, 3.8) is 0 Å². The summed E-state index contributed by atoms with van der Waals surface area (Å²) in [7, 11) is 1.60. The summed E-state index contributed by atoms with van der Waals surface area (Å²) in [5, 5.41) is 0.400. The van der Waals surface area contributed by atoms with Gasteiger partial charge in [-0.3, -0.25) is 4.79 Å². The van der Waals surface area contributed by atoms with Gasteiger partial charge in [-0.2, -0.15) is 13.2 Å². The third kappa shape index (κ3) is 4.74. The van der Waals surface area contributed by atoms with Gasteiger partial charge in [-0.05, 0) is 42.7 Å². The van der Waals surface area contributed by atoms with Crippen molar-refractivity contribution in [2.75, 3.05) is 19.4 Å². The minimum absolute atomic E-state index is 0.0181. The standard InChI is InChI=1S/C19H19F3N2O2S/c1-26-15-7-4-13(5-8-15)16-3-2-10-24(16)18(25)12-27-17-9-6-14(11-23-17)19(20,21)22/h4-9,11,16H,2-3,10,12H2,1H3. The van der Waals surface area contributed by atoms with Gasteiger partial charge in [0.2, 0.25) is 5.91 Å². The molecule has 8 heteroatoms. The van der Waals surface area contributed by atoms with E-state index in [1.165, 1.54) is 6.07 Å². The number of rotatable bonds is 5. The molecule has 2 heterocycles. The van der Waals surface area contributed by atoms with Crippen LogP contribution in [0.15, 0.2) is 47.6 Å². The van der Waals surface area contributed by atoms with E-state index in [0.717, 1.165) is 48.2 Å². The summed E-state index contributed by atoms with van der Waals surface area (Å²) in [4.78, 5) is 18.3. The molecule has 0 N–H and O–H groups in total. The number of carbonyl (C=O) groups is 1. The van der Waals surface area contributed by atoms with Crippen LogP contribution in [0.2, 0.25) is 0 Å². The maximum absolute atomic E-state index is 12.6. The molecule has 1 unspecified atom stereocenters. The molecule has 144 valence electrons. The molecule has 0 spiro atoms. The fraction of sp³-hybridized carbons (Fsp3) is 0.368. The Balaban J connectivity index is 1.61. The SMILES string of the molecule is COc1ccc(C2CCCN2C(=O)CSc2ccc(C(F)(F)F)cn2)cc1. The van der Waals surface area contributed by atoms with Crippen LogP contribution < -0.4 is 4.74 Å². The number of halogens is 3. The molecule has 1 aliphatic rings. The van der Waals surface area contributed by atoms with E-state index in [2.05, 4.69) is 4.98 Å². The van der Waals surface area contributed by atoms with E-state index < -0.39 is 11.7 Å². The first-order valence-electron chi connectivity index (χ1n) is 8.48. The molecule has 0 saturated carbocycles. The highest BCUT2D eigenvalue weighted by Gasteiger charge is 2.31. The molecule has 3 rings (SSSR count). The second-order valence-electron chi connectivity index (χ2n) is 6.19. The number of hydrogen-bond acceptors (Lipinski definition) is 4. The van der Waals surface area contributed by atoms with E-state index in [9.17, 15) is 18.0 Å². The Morgan fingerprint density at radius 2 is 2.00 bits per heavy atom. The van der Waals surface area contributed by atoms with Crippen LogP contribution in [0.1, 0.15) is 30.0 Å². The van der Waals surface area contributed by atoms with E-state index in [-0.39, 0.29) is 17.7 Å². The number of alkyl halides is 3. The molecule has 0 radical (unpaired) electrons. The molecule has 0 aliphatic carbocycles. The summed E-state index contributed by atoms with van der Waals surface area (Å²) >= 11 is 1.15. The Kier molecular flexibility index (Phi) is 5.94. The smallest absolute Gasteiger partial charge is 0.417 e. The number of benzene rings is 1. The van der Waals surface area contributed by atoms with E-state index in [4.69, 9.17) is 4.74 Å². The van der Waals surface area contributed by atoms with Crippen molar-refractivity contribution in [3.05, 3.63) is 53.7 Å². The zero-order valence-corrected chi connectivity index (χ0v) is 15.5. The second-order valence-corrected chi connectivity index (χ2v) is 7.19. The number of aromatic nitrogens is 1. The highest BCUT2D eigenvalue weighted by molar-refractivity contribution is 7.99. The number of nitrogens with zero attached hydrogens (tertiary/aromatic N) is 2. The minimum Gasteiger partial charge on any atom is -0.497 e. The summed E-state index contributed by atoms with van der Waals surface area (Å²) < 4.78 is 42.9. The molecule has 1 saturated heterocycles. The Labute approximate surface area is 159 Å². The van der Waals surface area contributed by atoms with Gasteiger partial charge < -0.3 is 9.64 Å². The van der Waals surface area contributed by atoms with Crippen LogP contribution in [-0.2, 0) is 11.0 Å². The van der Waals surface area contributed by atoms with E-state index >= 15 is 0 Å². The van der Waals surface area contributed by atoms with Crippen LogP contribution in [-0.4, -0.2) is 35.2 Å². The normalized spacial score (nSPS) is 17.2. The molecule has 0 bridgehead atoms. The van der Waals surface area contributed by atoms with Gasteiger partial charge in [-0.1, -0.05) is 23.9 Å². The molecule has 1 aliphatic heterocycles. The Morgan fingerprint density at radius 3 is 2.59 bits per heavy atom. The first-order valence-corrected chi connectivity index (χ1v) is 9.46. The van der Waals surface area contributed by atoms with E-state index in [1.54, 1.807) is 7.11 Å². The molecule has 2 aromatic rings. The van der Waals surface area contributed by atoms with Crippen molar-refractivity contribution >= 4 is 17.7 Å². The van der Waals surface area contributed by atoms with Crippen molar-refractivity contribution in [2.24, 2.45) is 0 Å². The molecule has 1 amide bonds. The lowest BCUT2D eigenvalue weighted by Crippen LogP contribution is -2.31. The Hall–Kier alpha value is -2.22. The zero-order chi connectivity index (χ0) is 19.4. The van der Waals surface area contributed by atoms with Gasteiger partial charge in [0.15, 0.2) is 0 Å². The fourth-order valence-corrected chi connectivity index (χ4v) is 3.82. The summed E-state index contributed by atoms with van der Waals surface area (Å²) in [5.74, 6) is 0.865. The number of amides is 1. The quantitative estimate of drug-likeness (QED) is 0.695. The number of ether oxygens (including phenoxy) is 1. The van der Waals surface area contributed by atoms with E-state index in [0.29, 0.717) is 11.6 Å². The highest BCUT2D eigenvalue weighted by Crippen LogP contribution is 2.34. The number of carbonyl (C=O) groups excluding carboxylic acids is 1. The molecule has 1 atom stereocenters. The van der Waals surface area contributed by atoms with Gasteiger partial charge >= 0.3 is 6.18 Å². The number of thioether (sulfide) groups is 1. The average Bonchev–Trinajstić information content (AvgIpc) is 3.16. The van der Waals surface area contributed by atoms with Crippen LogP contribution in [0.3, 0.4) is 0 Å². The van der Waals surface area contributed by atoms with Crippen LogP contribution in [0.5, 0.6) is 5.75 Å². The molecule has 27 heavy (non-hydrogen) atoms. The van der Waals surface area contributed by atoms with Crippen molar-refractivity contribution in [1.29, 1.82) is 0 Å². The molecule has 1 aromatic carbocycles. The second kappa shape index (κ2) is 8.21. The lowest BCUT2D eigenvalue weighted by molar-refractivity contribution is -0.138. The van der Waals surface area contributed by atoms with Gasteiger partial charge in [0.25, 0.3) is 0 Å². The lowest BCUT2D eigenvalue weighted by atomic mass is 10.0. The number of likely N-dealkylation sites (tertiary alicyclic amines) is 1. The molecule has 4 nitrogen and oxygen atoms in total. The largest absolute Gasteiger partial charge is 0.497 e. The lowest BCUT2D eigenvalue weighted by Gasteiger charge is -2.25. The average molecular weight is 396 g/mol. The maximum atomic E-state index is 12.6. The predicted molar refractivity (Wildman–Crippen MR) is 96.6 cm³/mol. The zero-order valence-electron chi connectivity index (χ0n) is 14.7. The van der Waals surface area contributed by atoms with Gasteiger partial charge in [-0.15, -0.1) is 0 Å². The molecule has 1 fully saturated rings. The summed E-state index contributed by atoms with van der Waals surface area (Å²) in [6.07, 6.45) is -1.80. The third-order valence-electron chi connectivity index (χ3n) is 4.48. The minimum atomic E-state index is -4.41. The molecular weight excluding hydrogens is 377 g/mol. The van der Waals surface area contributed by atoms with Gasteiger partial charge in [-0.25, -0.2) is 4.98 Å². The summed E-state index contributed by atoms with van der Waals surface area (Å²) in [5.41, 5.74) is 0.261. The first-order chi connectivity index (χ1) is 12.9. The van der Waals surface area contributed by atoms with Crippen LogP contribution in [0.25, 0.3) is 0 Å². The number of hydrogen-bond donors (Lipinski definition) is 0. The van der Waals surface area contributed by atoms with Gasteiger partial charge in [0.1, 0.15) is 5.75 Å². The van der Waals surface area contributed by atoms with Gasteiger partial charge in [0.05, 0.1) is 29.5 Å². The van der Waals surface area contributed by atoms with Crippen LogP contribution in [0, 0.1) is 0 Å². The van der Waals surface area contributed by atoms with Crippen molar-refractivity contribution in [2.45, 2.75) is 30.1 Å². The van der Waals surface area contributed by atoms with Crippen molar-refractivity contribution < 1.29 is 22.7 Å². The third-order valence-corrected chi connectivity index (χ3v) is 5.41. The predicted octanol–water partition coefficient (Wildman–Crippen LogP) is 4.56. The molecular formula is C19H19F3N2O2S. The molecule has 1 aromatic heterocycles. The number of pyridine rings is 1. The van der Waals surface area contributed by atoms with Crippen molar-refractivity contribution in [1.82, 2.24) is 9.88 Å². The maximum Gasteiger partial charge on any atom is 0.417 e. The van der Waals surface area contributed by atoms with Crippen molar-refractivity contribution in [3.8, 4) is 5.75 Å². The van der Waals surface area contributed by atoms with E-state index in [1.807, 2.05) is 29.2 Å². The Morgan fingerprint density at radius 1 is 1.26 bits per heavy atom. The fourth-order valence-electron chi connectivity index (χ4n) is 3.09. The number of methoxy groups -OCH3 is 1.